The number of carbonyl (C=O) groups is 2. The number of hydrogen-bond donors (Lipinski definition) is 3. The molecule has 9 nitrogen and oxygen atoms in total. The van der Waals surface area contributed by atoms with Crippen molar-refractivity contribution in [2.45, 2.75) is 63.6 Å². The van der Waals surface area contributed by atoms with Gasteiger partial charge < -0.3 is 25.5 Å². The molecule has 3 aliphatic rings. The summed E-state index contributed by atoms with van der Waals surface area (Å²) in [7, 11) is 3.58. The summed E-state index contributed by atoms with van der Waals surface area (Å²) < 4.78 is 0. The van der Waals surface area contributed by atoms with E-state index in [1.807, 2.05) is 6.92 Å². The van der Waals surface area contributed by atoms with Crippen molar-refractivity contribution in [2.24, 2.45) is 0 Å². The van der Waals surface area contributed by atoms with Gasteiger partial charge in [-0.2, -0.15) is 4.98 Å². The molecule has 3 N–H and O–H groups in total. The van der Waals surface area contributed by atoms with Gasteiger partial charge in [0.2, 0.25) is 11.9 Å². The van der Waals surface area contributed by atoms with Gasteiger partial charge in [-0.1, -0.05) is 19.8 Å². The summed E-state index contributed by atoms with van der Waals surface area (Å²) in [6.45, 7) is 2.04. The van der Waals surface area contributed by atoms with Gasteiger partial charge in [-0.25, -0.2) is 9.78 Å². The fourth-order valence-electron chi connectivity index (χ4n) is 4.82. The average molecular weight is 427 g/mol. The maximum atomic E-state index is 13.0. The molecule has 166 valence electrons. The number of fused-ring (bicyclic) bond motifs is 1. The summed E-state index contributed by atoms with van der Waals surface area (Å²) in [5, 5.41) is 15.7. The molecule has 1 saturated carbocycles. The highest BCUT2D eigenvalue weighted by Crippen LogP contribution is 2.40. The molecule has 1 aromatic heterocycles. The smallest absolute Gasteiger partial charge is 0.331 e. The number of nitrogens with zero attached hydrogens (tertiary/aromatic N) is 4. The summed E-state index contributed by atoms with van der Waals surface area (Å²) in [5.41, 5.74) is 1.89. The van der Waals surface area contributed by atoms with Gasteiger partial charge in [0.25, 0.3) is 0 Å². The van der Waals surface area contributed by atoms with Crippen molar-refractivity contribution in [3.05, 3.63) is 29.6 Å². The first-order valence-corrected chi connectivity index (χ1v) is 11.0. The monoisotopic (exact) mass is 426 g/mol. The first kappa shape index (κ1) is 21.3. The Morgan fingerprint density at radius 3 is 2.68 bits per heavy atom. The highest BCUT2D eigenvalue weighted by Gasteiger charge is 2.41. The SMILES string of the molecule is CC[C@@H]1C(=O)N(C)c2cnc(NC3=CC=C(C(=O)O)CC3NC)nc2N1C1CCCC1. The van der Waals surface area contributed by atoms with Crippen LogP contribution in [0.3, 0.4) is 0 Å². The summed E-state index contributed by atoms with van der Waals surface area (Å²) >= 11 is 0. The van der Waals surface area contributed by atoms with Gasteiger partial charge in [0.05, 0.1) is 12.2 Å². The summed E-state index contributed by atoms with van der Waals surface area (Å²) in [5.74, 6) is 0.407. The minimum absolute atomic E-state index is 0.0859. The number of hydrogen-bond acceptors (Lipinski definition) is 7. The van der Waals surface area contributed by atoms with E-state index in [1.54, 1.807) is 37.3 Å². The number of likely N-dealkylation sites (N-methyl/N-ethyl adjacent to an activating group) is 2. The van der Waals surface area contributed by atoms with E-state index < -0.39 is 5.97 Å². The van der Waals surface area contributed by atoms with Crippen LogP contribution in [0.2, 0.25) is 0 Å². The van der Waals surface area contributed by atoms with Crippen LogP contribution >= 0.6 is 0 Å². The van der Waals surface area contributed by atoms with Crippen LogP contribution in [-0.2, 0) is 9.59 Å². The van der Waals surface area contributed by atoms with Crippen molar-refractivity contribution < 1.29 is 14.7 Å². The summed E-state index contributed by atoms with van der Waals surface area (Å²) in [6, 6.07) is -0.0817. The largest absolute Gasteiger partial charge is 0.478 e. The van der Waals surface area contributed by atoms with Crippen LogP contribution in [0.1, 0.15) is 45.4 Å². The molecule has 0 bridgehead atoms. The second-order valence-electron chi connectivity index (χ2n) is 8.36. The van der Waals surface area contributed by atoms with Crippen LogP contribution in [0, 0.1) is 0 Å². The zero-order valence-electron chi connectivity index (χ0n) is 18.3. The Morgan fingerprint density at radius 2 is 2.03 bits per heavy atom. The first-order chi connectivity index (χ1) is 14.9. The topological polar surface area (TPSA) is 111 Å². The fourth-order valence-corrected chi connectivity index (χ4v) is 4.82. The molecule has 0 spiro atoms. The average Bonchev–Trinajstić information content (AvgIpc) is 3.30. The number of aromatic nitrogens is 2. The lowest BCUT2D eigenvalue weighted by Gasteiger charge is -2.43. The van der Waals surface area contributed by atoms with E-state index in [-0.39, 0.29) is 18.0 Å². The van der Waals surface area contributed by atoms with Crippen molar-refractivity contribution in [3.63, 3.8) is 0 Å². The molecule has 1 fully saturated rings. The summed E-state index contributed by atoms with van der Waals surface area (Å²) in [4.78, 5) is 37.5. The molecule has 31 heavy (non-hydrogen) atoms. The normalized spacial score (nSPS) is 24.0. The van der Waals surface area contributed by atoms with Gasteiger partial charge in [0, 0.05) is 30.8 Å². The maximum absolute atomic E-state index is 13.0. The standard InChI is InChI=1S/C22H30N6O3/c1-4-17-20(29)27(3)18-12-24-22(26-19(18)28(17)14-7-5-6-8-14)25-15-10-9-13(21(30)31)11-16(15)23-2/h9-10,12,14,16-17,23H,4-8,11H2,1-3H3,(H,30,31)(H,24,25,26)/t16?,17-/m1/s1. The Kier molecular flexibility index (Phi) is 5.95. The maximum Gasteiger partial charge on any atom is 0.331 e. The van der Waals surface area contributed by atoms with E-state index in [4.69, 9.17) is 4.98 Å². The molecule has 0 radical (unpaired) electrons. The van der Waals surface area contributed by atoms with Gasteiger partial charge in [-0.15, -0.1) is 0 Å². The van der Waals surface area contributed by atoms with E-state index >= 15 is 0 Å². The van der Waals surface area contributed by atoms with Crippen molar-refractivity contribution in [2.75, 3.05) is 29.2 Å². The highest BCUT2D eigenvalue weighted by molar-refractivity contribution is 6.04. The van der Waals surface area contributed by atoms with Crippen LogP contribution < -0.4 is 20.4 Å². The third kappa shape index (κ3) is 3.89. The molecular weight excluding hydrogens is 396 g/mol. The number of aliphatic carboxylic acids is 1. The molecule has 4 rings (SSSR count). The molecule has 9 heteroatoms. The Bertz CT molecular complexity index is 937. The van der Waals surface area contributed by atoms with Crippen molar-refractivity contribution >= 4 is 29.3 Å². The molecule has 2 aliphatic carbocycles. The lowest BCUT2D eigenvalue weighted by molar-refractivity contribution is -0.132. The quantitative estimate of drug-likeness (QED) is 0.635. The lowest BCUT2D eigenvalue weighted by atomic mass is 9.97. The number of allylic oxidation sites excluding steroid dienone is 2. The zero-order chi connectivity index (χ0) is 22.1. The van der Waals surface area contributed by atoms with E-state index in [9.17, 15) is 14.7 Å². The molecular formula is C22H30N6O3. The Hall–Kier alpha value is -2.94. The number of anilines is 3. The number of nitrogens with one attached hydrogen (secondary N) is 2. The molecule has 1 aliphatic heterocycles. The van der Waals surface area contributed by atoms with Crippen molar-refractivity contribution in [1.29, 1.82) is 0 Å². The molecule has 1 aromatic rings. The van der Waals surface area contributed by atoms with Crippen LogP contribution in [0.5, 0.6) is 0 Å². The highest BCUT2D eigenvalue weighted by atomic mass is 16.4. The molecule has 0 saturated heterocycles. The van der Waals surface area contributed by atoms with Gasteiger partial charge >= 0.3 is 5.97 Å². The molecule has 1 amide bonds. The molecule has 2 atom stereocenters. The Labute approximate surface area is 182 Å². The van der Waals surface area contributed by atoms with Gasteiger partial charge in [0.1, 0.15) is 11.7 Å². The van der Waals surface area contributed by atoms with Crippen LogP contribution in [0.25, 0.3) is 0 Å². The molecule has 0 aromatic carbocycles. The fraction of sp³-hybridized carbons (Fsp3) is 0.545. The summed E-state index contributed by atoms with van der Waals surface area (Å²) in [6.07, 6.45) is 10.6. The van der Waals surface area contributed by atoms with Gasteiger partial charge in [0.15, 0.2) is 5.82 Å². The van der Waals surface area contributed by atoms with E-state index in [0.29, 0.717) is 24.0 Å². The minimum atomic E-state index is -0.911. The van der Waals surface area contributed by atoms with E-state index in [1.165, 1.54) is 12.8 Å². The third-order valence-corrected chi connectivity index (χ3v) is 6.55. The Morgan fingerprint density at radius 1 is 1.29 bits per heavy atom. The number of carboxylic acids is 1. The second kappa shape index (κ2) is 8.66. The van der Waals surface area contributed by atoms with Crippen LogP contribution in [0.4, 0.5) is 17.5 Å². The number of amides is 1. The first-order valence-electron chi connectivity index (χ1n) is 11.0. The number of carboxylic acid groups (broad SMARTS) is 1. The second-order valence-corrected chi connectivity index (χ2v) is 8.36. The number of carbonyl (C=O) groups excluding carboxylic acids is 1. The van der Waals surface area contributed by atoms with E-state index in [0.717, 1.165) is 36.5 Å². The molecule has 1 unspecified atom stereocenters. The third-order valence-electron chi connectivity index (χ3n) is 6.55. The minimum Gasteiger partial charge on any atom is -0.478 e. The predicted molar refractivity (Wildman–Crippen MR) is 119 cm³/mol. The number of rotatable bonds is 6. The van der Waals surface area contributed by atoms with Gasteiger partial charge in [-0.3, -0.25) is 4.79 Å². The van der Waals surface area contributed by atoms with Crippen LogP contribution in [0.15, 0.2) is 29.6 Å². The van der Waals surface area contributed by atoms with Crippen LogP contribution in [-0.4, -0.2) is 59.2 Å². The zero-order valence-corrected chi connectivity index (χ0v) is 18.3. The van der Waals surface area contributed by atoms with Crippen molar-refractivity contribution in [1.82, 2.24) is 15.3 Å². The van der Waals surface area contributed by atoms with Crippen molar-refractivity contribution in [3.8, 4) is 0 Å². The Balaban J connectivity index is 1.69. The predicted octanol–water partition coefficient (Wildman–Crippen LogP) is 2.28. The lowest BCUT2D eigenvalue weighted by Crippen LogP contribution is -2.55. The molecule has 2 heterocycles. The van der Waals surface area contributed by atoms with E-state index in [2.05, 4.69) is 20.5 Å². The van der Waals surface area contributed by atoms with Gasteiger partial charge in [-0.05, 0) is 38.5 Å².